The zero-order valence-corrected chi connectivity index (χ0v) is 17.1. The van der Waals surface area contributed by atoms with Crippen LogP contribution in [-0.2, 0) is 17.1 Å². The van der Waals surface area contributed by atoms with Crippen LogP contribution in [0.4, 0.5) is 0 Å². The molecule has 0 saturated heterocycles. The molecular formula is C21H15Cl2FeN3O+2. The van der Waals surface area contributed by atoms with Crippen molar-refractivity contribution in [3.05, 3.63) is 116 Å². The zero-order valence-electron chi connectivity index (χ0n) is 14.5. The summed E-state index contributed by atoms with van der Waals surface area (Å²) >= 11 is 11.9. The Balaban J connectivity index is 0.000000408. The SMILES string of the molecule is O=C(/C(=C/[C]1[CH][CH][CH][CH]1)n1cncn1)c1ccc(Cl)c(Cl)c1.[CH]1[CH][CH][CH][CH]1.[Fe+2]. The molecule has 10 radical (unpaired) electrons. The molecule has 0 bridgehead atoms. The summed E-state index contributed by atoms with van der Waals surface area (Å²) in [4.78, 5) is 16.7. The van der Waals surface area contributed by atoms with Gasteiger partial charge in [-0.1, -0.05) is 23.2 Å². The van der Waals surface area contributed by atoms with Crippen LogP contribution in [0.1, 0.15) is 10.4 Å². The van der Waals surface area contributed by atoms with Crippen molar-refractivity contribution >= 4 is 34.7 Å². The van der Waals surface area contributed by atoms with E-state index in [2.05, 4.69) is 10.1 Å². The summed E-state index contributed by atoms with van der Waals surface area (Å²) in [5.74, 6) is 0.684. The molecule has 2 aromatic rings. The van der Waals surface area contributed by atoms with E-state index < -0.39 is 0 Å². The molecule has 0 atom stereocenters. The number of hydrogen-bond donors (Lipinski definition) is 0. The first-order valence-corrected chi connectivity index (χ1v) is 8.85. The van der Waals surface area contributed by atoms with Crippen LogP contribution in [0.3, 0.4) is 0 Å². The topological polar surface area (TPSA) is 47.8 Å². The number of carbonyl (C=O) groups excluding carboxylic acids is 1. The van der Waals surface area contributed by atoms with Gasteiger partial charge in [0.05, 0.1) is 10.0 Å². The van der Waals surface area contributed by atoms with Crippen LogP contribution in [0.5, 0.6) is 0 Å². The van der Waals surface area contributed by atoms with Crippen LogP contribution in [0, 0.1) is 63.7 Å². The third-order valence-corrected chi connectivity index (χ3v) is 4.37. The van der Waals surface area contributed by atoms with Crippen molar-refractivity contribution in [3.63, 3.8) is 0 Å². The second kappa shape index (κ2) is 11.8. The molecule has 4 nitrogen and oxygen atoms in total. The quantitative estimate of drug-likeness (QED) is 0.383. The monoisotopic (exact) mass is 451 g/mol. The van der Waals surface area contributed by atoms with E-state index in [0.717, 1.165) is 5.92 Å². The number of halogens is 2. The molecule has 0 aliphatic heterocycles. The summed E-state index contributed by atoms with van der Waals surface area (Å²) in [7, 11) is 0. The Kier molecular flexibility index (Phi) is 9.73. The van der Waals surface area contributed by atoms with E-state index in [-0.39, 0.29) is 22.9 Å². The molecule has 1 heterocycles. The van der Waals surface area contributed by atoms with E-state index in [4.69, 9.17) is 23.2 Å². The van der Waals surface area contributed by atoms with Gasteiger partial charge in [-0.05, 0) is 82.1 Å². The van der Waals surface area contributed by atoms with Crippen molar-refractivity contribution in [2.75, 3.05) is 0 Å². The van der Waals surface area contributed by atoms with Crippen molar-refractivity contribution in [3.8, 4) is 0 Å². The molecule has 7 heteroatoms. The van der Waals surface area contributed by atoms with E-state index in [1.807, 2.05) is 57.8 Å². The first-order valence-electron chi connectivity index (χ1n) is 8.10. The summed E-state index contributed by atoms with van der Waals surface area (Å²) in [6.07, 6.45) is 22.2. The average Bonchev–Trinajstić information content (AvgIpc) is 3.45. The summed E-state index contributed by atoms with van der Waals surface area (Å²) in [6.45, 7) is 0. The van der Waals surface area contributed by atoms with Crippen LogP contribution < -0.4 is 0 Å². The number of Topliss-reactive ketones (excluding diaryl/α,β-unsaturated/α-hetero) is 1. The maximum absolute atomic E-state index is 12.8. The Morgan fingerprint density at radius 2 is 1.57 bits per heavy atom. The van der Waals surface area contributed by atoms with Gasteiger partial charge < -0.3 is 0 Å². The van der Waals surface area contributed by atoms with Gasteiger partial charge in [0.25, 0.3) is 0 Å². The molecule has 0 amide bonds. The molecule has 1 aromatic heterocycles. The molecule has 0 unspecified atom stereocenters. The average molecular weight is 452 g/mol. The molecule has 28 heavy (non-hydrogen) atoms. The molecule has 2 aliphatic rings. The molecule has 140 valence electrons. The second-order valence-electron chi connectivity index (χ2n) is 5.51. The largest absolute Gasteiger partial charge is 2.00 e. The molecule has 1 aromatic carbocycles. The maximum atomic E-state index is 12.8. The van der Waals surface area contributed by atoms with Crippen molar-refractivity contribution in [2.45, 2.75) is 0 Å². The number of allylic oxidation sites excluding steroid dienone is 2. The number of carbonyl (C=O) groups is 1. The number of benzene rings is 1. The van der Waals surface area contributed by atoms with Crippen LogP contribution in [-0.4, -0.2) is 20.5 Å². The maximum Gasteiger partial charge on any atom is 2.00 e. The van der Waals surface area contributed by atoms with Gasteiger partial charge in [-0.2, -0.15) is 5.10 Å². The molecule has 2 aliphatic carbocycles. The van der Waals surface area contributed by atoms with Gasteiger partial charge in [-0.25, -0.2) is 9.67 Å². The summed E-state index contributed by atoms with van der Waals surface area (Å²) in [5.41, 5.74) is 0.810. The van der Waals surface area contributed by atoms with Gasteiger partial charge in [0.2, 0.25) is 5.78 Å². The van der Waals surface area contributed by atoms with Crippen molar-refractivity contribution < 1.29 is 21.9 Å². The van der Waals surface area contributed by atoms with Gasteiger partial charge in [0.1, 0.15) is 18.4 Å². The van der Waals surface area contributed by atoms with Gasteiger partial charge in [-0.15, -0.1) is 0 Å². The Morgan fingerprint density at radius 1 is 0.929 bits per heavy atom. The fourth-order valence-electron chi connectivity index (χ4n) is 2.32. The first-order chi connectivity index (χ1) is 13.1. The fourth-order valence-corrected chi connectivity index (χ4v) is 2.62. The fraction of sp³-hybridized carbons (Fsp3) is 0. The van der Waals surface area contributed by atoms with Gasteiger partial charge in [0, 0.05) is 11.5 Å². The summed E-state index contributed by atoms with van der Waals surface area (Å²) < 4.78 is 1.43. The number of rotatable bonds is 4. The van der Waals surface area contributed by atoms with E-state index in [1.165, 1.54) is 17.3 Å². The molecule has 0 spiro atoms. The number of ketones is 1. The third-order valence-electron chi connectivity index (χ3n) is 3.63. The van der Waals surface area contributed by atoms with Crippen LogP contribution in [0.15, 0.2) is 36.9 Å². The molecule has 4 rings (SSSR count). The van der Waals surface area contributed by atoms with Crippen LogP contribution >= 0.6 is 23.2 Å². The molecule has 2 saturated carbocycles. The summed E-state index contributed by atoms with van der Waals surface area (Å²) in [5, 5.41) is 4.78. The predicted molar refractivity (Wildman–Crippen MR) is 107 cm³/mol. The van der Waals surface area contributed by atoms with Crippen LogP contribution in [0.2, 0.25) is 10.0 Å². The Morgan fingerprint density at radius 3 is 2.11 bits per heavy atom. The smallest absolute Gasteiger partial charge is 0.287 e. The van der Waals surface area contributed by atoms with E-state index in [0.29, 0.717) is 21.3 Å². The van der Waals surface area contributed by atoms with Gasteiger partial charge in [0.15, 0.2) is 0 Å². The standard InChI is InChI=1S/C16H10Cl2N3O.C5H5.Fe/c17-13-6-5-12(8-14(13)18)16(22)15(21-10-19-9-20-21)7-11-3-1-2-4-11;1-2-4-5-3-1;/h1-10H;1-5H;/q;;+2/b15-7-;;. The van der Waals surface area contributed by atoms with Crippen molar-refractivity contribution in [1.29, 1.82) is 0 Å². The zero-order chi connectivity index (χ0) is 19.1. The van der Waals surface area contributed by atoms with Gasteiger partial charge in [-0.3, -0.25) is 4.79 Å². The molecule has 2 fully saturated rings. The van der Waals surface area contributed by atoms with E-state index in [9.17, 15) is 4.79 Å². The summed E-state index contributed by atoms with van der Waals surface area (Å²) in [6, 6.07) is 4.77. The molecule has 0 N–H and O–H groups in total. The second-order valence-corrected chi connectivity index (χ2v) is 6.32. The van der Waals surface area contributed by atoms with Gasteiger partial charge >= 0.3 is 17.1 Å². The Bertz CT molecular complexity index is 775. The van der Waals surface area contributed by atoms with Crippen LogP contribution in [0.25, 0.3) is 5.70 Å². The minimum Gasteiger partial charge on any atom is -0.287 e. The van der Waals surface area contributed by atoms with E-state index in [1.54, 1.807) is 24.3 Å². The Hall–Kier alpha value is -1.13. The number of nitrogens with zero attached hydrogens (tertiary/aromatic N) is 3. The minimum absolute atomic E-state index is 0. The minimum atomic E-state index is -0.217. The normalized spacial score (nSPS) is 17.0. The van der Waals surface area contributed by atoms with Crippen molar-refractivity contribution in [2.24, 2.45) is 0 Å². The predicted octanol–water partition coefficient (Wildman–Crippen LogP) is 4.73. The first kappa shape index (κ1) is 23.2. The van der Waals surface area contributed by atoms with E-state index >= 15 is 0 Å². The van der Waals surface area contributed by atoms with Crippen molar-refractivity contribution in [1.82, 2.24) is 14.8 Å². The number of aromatic nitrogens is 3. The third kappa shape index (κ3) is 6.45. The number of hydrogen-bond acceptors (Lipinski definition) is 3. The molecular weight excluding hydrogens is 437 g/mol. The Labute approximate surface area is 187 Å².